The van der Waals surface area contributed by atoms with Crippen molar-refractivity contribution in [1.29, 1.82) is 0 Å². The Kier molecular flexibility index (Phi) is 6.26. The van der Waals surface area contributed by atoms with E-state index in [1.54, 1.807) is 12.1 Å². The van der Waals surface area contributed by atoms with Gasteiger partial charge in [0.1, 0.15) is 12.4 Å². The van der Waals surface area contributed by atoms with Gasteiger partial charge < -0.3 is 9.84 Å². The zero-order chi connectivity index (χ0) is 18.2. The first-order valence-electron chi connectivity index (χ1n) is 9.04. The largest absolute Gasteiger partial charge is 0.489 e. The number of rotatable bonds is 8. The van der Waals surface area contributed by atoms with Crippen LogP contribution >= 0.6 is 0 Å². The van der Waals surface area contributed by atoms with Gasteiger partial charge in [-0.3, -0.25) is 4.79 Å². The molecule has 0 aromatic heterocycles. The number of ether oxygens (including phenoxy) is 1. The summed E-state index contributed by atoms with van der Waals surface area (Å²) in [6.45, 7) is 0.512. The summed E-state index contributed by atoms with van der Waals surface area (Å²) in [5, 5.41) is 8.87. The lowest BCUT2D eigenvalue weighted by molar-refractivity contribution is -0.136. The molecule has 1 unspecified atom stereocenters. The summed E-state index contributed by atoms with van der Waals surface area (Å²) in [5.74, 6) is 0.462. The van der Waals surface area contributed by atoms with Gasteiger partial charge in [0.15, 0.2) is 0 Å². The highest BCUT2D eigenvalue weighted by Gasteiger charge is 2.10. The maximum absolute atomic E-state index is 10.8. The van der Waals surface area contributed by atoms with Crippen LogP contribution in [0.4, 0.5) is 0 Å². The van der Waals surface area contributed by atoms with E-state index in [1.807, 2.05) is 12.1 Å². The Morgan fingerprint density at radius 1 is 1.08 bits per heavy atom. The summed E-state index contributed by atoms with van der Waals surface area (Å²) >= 11 is 0. The van der Waals surface area contributed by atoms with Crippen LogP contribution in [-0.2, 0) is 17.6 Å². The first kappa shape index (κ1) is 18.0. The smallest absolute Gasteiger partial charge is 0.307 e. The van der Waals surface area contributed by atoms with Crippen molar-refractivity contribution in [3.8, 4) is 5.75 Å². The highest BCUT2D eigenvalue weighted by atomic mass is 16.5. The first-order valence-corrected chi connectivity index (χ1v) is 9.04. The van der Waals surface area contributed by atoms with Crippen LogP contribution in [0.2, 0.25) is 0 Å². The van der Waals surface area contributed by atoms with Crippen LogP contribution in [0.5, 0.6) is 5.75 Å². The minimum Gasteiger partial charge on any atom is -0.489 e. The molecule has 0 saturated carbocycles. The topological polar surface area (TPSA) is 46.5 Å². The fourth-order valence-electron chi connectivity index (χ4n) is 3.11. The maximum Gasteiger partial charge on any atom is 0.307 e. The standard InChI is InChI=1S/C23H24O3/c24-23(25)16-21-7-4-8-22(15-21)26-17-20-13-11-19(12-14-20)10-9-18-5-2-1-3-6-18/h1-8,11,13-15,19H,9-10,12,16-17H2,(H,24,25). The second-order valence-corrected chi connectivity index (χ2v) is 6.66. The van der Waals surface area contributed by atoms with Crippen LogP contribution in [-0.4, -0.2) is 17.7 Å². The third-order valence-electron chi connectivity index (χ3n) is 4.57. The molecule has 3 nitrogen and oxygen atoms in total. The Hall–Kier alpha value is -2.81. The van der Waals surface area contributed by atoms with Gasteiger partial charge in [-0.25, -0.2) is 0 Å². The molecule has 134 valence electrons. The molecular weight excluding hydrogens is 324 g/mol. The molecule has 0 fully saturated rings. The van der Waals surface area contributed by atoms with Crippen LogP contribution in [0.15, 0.2) is 78.4 Å². The van der Waals surface area contributed by atoms with Crippen molar-refractivity contribution in [2.75, 3.05) is 6.61 Å². The van der Waals surface area contributed by atoms with Gasteiger partial charge in [0.05, 0.1) is 6.42 Å². The number of aliphatic carboxylic acids is 1. The number of carboxylic acids is 1. The van der Waals surface area contributed by atoms with E-state index in [1.165, 1.54) is 11.1 Å². The molecule has 1 aliphatic carbocycles. The van der Waals surface area contributed by atoms with E-state index in [0.29, 0.717) is 18.3 Å². The molecule has 1 atom stereocenters. The number of benzene rings is 2. The van der Waals surface area contributed by atoms with Crippen LogP contribution in [0.1, 0.15) is 24.0 Å². The molecule has 0 radical (unpaired) electrons. The van der Waals surface area contributed by atoms with Crippen LogP contribution in [0.3, 0.4) is 0 Å². The number of hydrogen-bond acceptors (Lipinski definition) is 2. The van der Waals surface area contributed by atoms with E-state index in [4.69, 9.17) is 9.84 Å². The van der Waals surface area contributed by atoms with Gasteiger partial charge in [-0.2, -0.15) is 0 Å². The van der Waals surface area contributed by atoms with Crippen molar-refractivity contribution in [1.82, 2.24) is 0 Å². The monoisotopic (exact) mass is 348 g/mol. The Morgan fingerprint density at radius 3 is 2.62 bits per heavy atom. The zero-order valence-corrected chi connectivity index (χ0v) is 14.8. The predicted octanol–water partition coefficient (Wildman–Crippen LogP) is 4.83. The Morgan fingerprint density at radius 2 is 1.88 bits per heavy atom. The molecule has 26 heavy (non-hydrogen) atoms. The SMILES string of the molecule is O=C(O)Cc1cccc(OCC2=CCC(CCc3ccccc3)C=C2)c1. The van der Waals surface area contributed by atoms with E-state index in [-0.39, 0.29) is 6.42 Å². The van der Waals surface area contributed by atoms with Crippen molar-refractivity contribution in [2.45, 2.75) is 25.7 Å². The van der Waals surface area contributed by atoms with E-state index in [2.05, 4.69) is 48.6 Å². The summed E-state index contributed by atoms with van der Waals surface area (Å²) in [6, 6.07) is 17.9. The average Bonchev–Trinajstić information content (AvgIpc) is 2.66. The summed E-state index contributed by atoms with van der Waals surface area (Å²) < 4.78 is 5.82. The van der Waals surface area contributed by atoms with Gasteiger partial charge in [0, 0.05) is 0 Å². The van der Waals surface area contributed by atoms with Gasteiger partial charge in [-0.15, -0.1) is 0 Å². The number of carbonyl (C=O) groups is 1. The van der Waals surface area contributed by atoms with Crippen molar-refractivity contribution < 1.29 is 14.6 Å². The van der Waals surface area contributed by atoms with Gasteiger partial charge in [-0.05, 0) is 54.0 Å². The fraction of sp³-hybridized carbons (Fsp3) is 0.261. The molecule has 2 aromatic rings. The molecule has 0 spiro atoms. The second-order valence-electron chi connectivity index (χ2n) is 6.66. The van der Waals surface area contributed by atoms with Crippen molar-refractivity contribution in [3.05, 3.63) is 89.5 Å². The van der Waals surface area contributed by atoms with Gasteiger partial charge in [0.2, 0.25) is 0 Å². The first-order chi connectivity index (χ1) is 12.7. The second kappa shape index (κ2) is 9.04. The number of aryl methyl sites for hydroxylation is 1. The lowest BCUT2D eigenvalue weighted by Crippen LogP contribution is -2.07. The lowest BCUT2D eigenvalue weighted by atomic mass is 9.91. The molecule has 1 N–H and O–H groups in total. The highest BCUT2D eigenvalue weighted by molar-refractivity contribution is 5.70. The number of allylic oxidation sites excluding steroid dienone is 2. The number of hydrogen-bond donors (Lipinski definition) is 1. The molecule has 3 rings (SSSR count). The van der Waals surface area contributed by atoms with Gasteiger partial charge >= 0.3 is 5.97 Å². The van der Waals surface area contributed by atoms with E-state index in [0.717, 1.165) is 24.8 Å². The highest BCUT2D eigenvalue weighted by Crippen LogP contribution is 2.22. The molecule has 1 aliphatic rings. The Balaban J connectivity index is 1.45. The van der Waals surface area contributed by atoms with Crippen molar-refractivity contribution >= 4 is 5.97 Å². The normalized spacial score (nSPS) is 16.2. The number of carboxylic acid groups (broad SMARTS) is 1. The van der Waals surface area contributed by atoms with Crippen LogP contribution in [0.25, 0.3) is 0 Å². The minimum absolute atomic E-state index is 0.0168. The van der Waals surface area contributed by atoms with E-state index < -0.39 is 5.97 Å². The summed E-state index contributed by atoms with van der Waals surface area (Å²) in [6.07, 6.45) is 10.00. The molecule has 0 heterocycles. The molecule has 2 aromatic carbocycles. The molecule has 0 saturated heterocycles. The maximum atomic E-state index is 10.8. The quantitative estimate of drug-likeness (QED) is 0.743. The summed E-state index contributed by atoms with van der Waals surface area (Å²) in [5.41, 5.74) is 3.31. The predicted molar refractivity (Wildman–Crippen MR) is 103 cm³/mol. The third-order valence-corrected chi connectivity index (χ3v) is 4.57. The van der Waals surface area contributed by atoms with Gasteiger partial charge in [0.25, 0.3) is 0 Å². The van der Waals surface area contributed by atoms with E-state index in [9.17, 15) is 4.79 Å². The Bertz CT molecular complexity index is 790. The average molecular weight is 348 g/mol. The van der Waals surface area contributed by atoms with Crippen LogP contribution in [0, 0.1) is 5.92 Å². The molecule has 0 bridgehead atoms. The third kappa shape index (κ3) is 5.62. The molecular formula is C23H24O3. The minimum atomic E-state index is -0.832. The summed E-state index contributed by atoms with van der Waals surface area (Å²) in [4.78, 5) is 10.8. The molecule has 0 aliphatic heterocycles. The zero-order valence-electron chi connectivity index (χ0n) is 14.8. The van der Waals surface area contributed by atoms with Crippen LogP contribution < -0.4 is 4.74 Å². The van der Waals surface area contributed by atoms with Crippen molar-refractivity contribution in [3.63, 3.8) is 0 Å². The molecule has 0 amide bonds. The van der Waals surface area contributed by atoms with Crippen molar-refractivity contribution in [2.24, 2.45) is 5.92 Å². The van der Waals surface area contributed by atoms with E-state index >= 15 is 0 Å². The molecule has 3 heteroatoms. The Labute approximate surface area is 154 Å². The summed E-state index contributed by atoms with van der Waals surface area (Å²) in [7, 11) is 0. The van der Waals surface area contributed by atoms with Gasteiger partial charge in [-0.1, -0.05) is 60.7 Å². The fourth-order valence-corrected chi connectivity index (χ4v) is 3.11. The lowest BCUT2D eigenvalue weighted by Gasteiger charge is -2.17.